The molecule has 162 valence electrons. The maximum absolute atomic E-state index is 12.5. The van der Waals surface area contributed by atoms with Crippen molar-refractivity contribution < 1.29 is 19.1 Å². The van der Waals surface area contributed by atoms with Gasteiger partial charge in [0.2, 0.25) is 5.69 Å². The minimum Gasteiger partial charge on any atom is -0.493 e. The molecule has 0 unspecified atom stereocenters. The number of amides is 1. The summed E-state index contributed by atoms with van der Waals surface area (Å²) in [4.78, 5) is 25.0. The summed E-state index contributed by atoms with van der Waals surface area (Å²) in [5, 5.41) is 7.22. The van der Waals surface area contributed by atoms with Gasteiger partial charge in [-0.3, -0.25) is 4.79 Å². The van der Waals surface area contributed by atoms with Crippen LogP contribution in [-0.4, -0.2) is 35.4 Å². The van der Waals surface area contributed by atoms with Gasteiger partial charge in [-0.1, -0.05) is 62.4 Å². The van der Waals surface area contributed by atoms with Crippen LogP contribution >= 0.6 is 0 Å². The van der Waals surface area contributed by atoms with E-state index in [2.05, 4.69) is 24.3 Å². The van der Waals surface area contributed by atoms with Crippen molar-refractivity contribution in [3.63, 3.8) is 0 Å². The van der Waals surface area contributed by atoms with Crippen LogP contribution in [0.2, 0.25) is 0 Å². The van der Waals surface area contributed by atoms with Crippen molar-refractivity contribution in [2.24, 2.45) is 5.92 Å². The molecular formula is C24H27N3O4. The number of para-hydroxylation sites is 1. The summed E-state index contributed by atoms with van der Waals surface area (Å²) in [6.45, 7) is 3.79. The molecule has 1 aromatic heterocycles. The normalized spacial score (nSPS) is 11.7. The van der Waals surface area contributed by atoms with Crippen LogP contribution < -0.4 is 10.1 Å². The van der Waals surface area contributed by atoms with Crippen LogP contribution in [0, 0.1) is 5.92 Å². The summed E-state index contributed by atoms with van der Waals surface area (Å²) in [7, 11) is 1.45. The maximum atomic E-state index is 12.5. The van der Waals surface area contributed by atoms with Crippen LogP contribution in [0.15, 0.2) is 66.9 Å². The Morgan fingerprint density at radius 2 is 1.68 bits per heavy atom. The Balaban J connectivity index is 1.64. The fourth-order valence-corrected chi connectivity index (χ4v) is 3.23. The third-order valence-electron chi connectivity index (χ3n) is 4.69. The van der Waals surface area contributed by atoms with Crippen LogP contribution in [-0.2, 0) is 9.53 Å². The summed E-state index contributed by atoms with van der Waals surface area (Å²) in [6, 6.07) is 18.9. The highest BCUT2D eigenvalue weighted by atomic mass is 16.5. The average Bonchev–Trinajstić information content (AvgIpc) is 3.22. The Morgan fingerprint density at radius 3 is 2.29 bits per heavy atom. The molecule has 3 aromatic rings. The first-order valence-electron chi connectivity index (χ1n) is 10.2. The fraction of sp³-hybridized carbons (Fsp3) is 0.292. The minimum absolute atomic E-state index is 0.0148. The van der Waals surface area contributed by atoms with Crippen LogP contribution in [0.4, 0.5) is 0 Å². The van der Waals surface area contributed by atoms with Crippen molar-refractivity contribution in [2.45, 2.75) is 26.3 Å². The molecule has 0 saturated carbocycles. The highest BCUT2D eigenvalue weighted by Gasteiger charge is 2.22. The van der Waals surface area contributed by atoms with E-state index in [-0.39, 0.29) is 23.4 Å². The fourth-order valence-electron chi connectivity index (χ4n) is 3.23. The maximum Gasteiger partial charge on any atom is 0.363 e. The molecule has 0 saturated heterocycles. The second kappa shape index (κ2) is 10.4. The quantitative estimate of drug-likeness (QED) is 0.529. The zero-order valence-corrected chi connectivity index (χ0v) is 17.9. The van der Waals surface area contributed by atoms with Gasteiger partial charge in [-0.05, 0) is 30.0 Å². The monoisotopic (exact) mass is 421 g/mol. The first-order valence-corrected chi connectivity index (χ1v) is 10.2. The van der Waals surface area contributed by atoms with Crippen molar-refractivity contribution in [1.29, 1.82) is 0 Å². The first kappa shape index (κ1) is 22.1. The molecule has 1 heterocycles. The van der Waals surface area contributed by atoms with Gasteiger partial charge >= 0.3 is 5.97 Å². The number of aromatic nitrogens is 2. The Kier molecular flexibility index (Phi) is 7.43. The lowest BCUT2D eigenvalue weighted by molar-refractivity contribution is -0.125. The number of benzene rings is 2. The lowest BCUT2D eigenvalue weighted by Gasteiger charge is -2.21. The van der Waals surface area contributed by atoms with E-state index in [0.717, 1.165) is 17.7 Å². The van der Waals surface area contributed by atoms with E-state index in [0.29, 0.717) is 5.92 Å². The van der Waals surface area contributed by atoms with Gasteiger partial charge in [-0.15, -0.1) is 0 Å². The SMILES string of the molecule is COc1cn(-c2ccccc2)nc1C(=O)OCC(=O)N[C@@H](CC(C)C)c1ccccc1. The molecule has 1 N–H and O–H groups in total. The summed E-state index contributed by atoms with van der Waals surface area (Å²) >= 11 is 0. The van der Waals surface area contributed by atoms with Crippen molar-refractivity contribution in [3.05, 3.63) is 78.1 Å². The van der Waals surface area contributed by atoms with Crippen LogP contribution in [0.3, 0.4) is 0 Å². The Hall–Kier alpha value is -3.61. The molecule has 0 aliphatic carbocycles. The predicted molar refractivity (Wildman–Crippen MR) is 117 cm³/mol. The number of nitrogens with one attached hydrogen (secondary N) is 1. The minimum atomic E-state index is -0.721. The largest absolute Gasteiger partial charge is 0.493 e. The average molecular weight is 421 g/mol. The van der Waals surface area contributed by atoms with Crippen molar-refractivity contribution in [2.75, 3.05) is 13.7 Å². The van der Waals surface area contributed by atoms with E-state index in [1.807, 2.05) is 60.7 Å². The number of carbonyl (C=O) groups excluding carboxylic acids is 2. The molecule has 0 fully saturated rings. The molecule has 0 aliphatic rings. The number of esters is 1. The number of hydrogen-bond acceptors (Lipinski definition) is 5. The van der Waals surface area contributed by atoms with Crippen LogP contribution in [0.5, 0.6) is 5.75 Å². The third-order valence-corrected chi connectivity index (χ3v) is 4.69. The molecule has 7 heteroatoms. The summed E-state index contributed by atoms with van der Waals surface area (Å²) in [5.41, 5.74) is 1.80. The smallest absolute Gasteiger partial charge is 0.363 e. The molecule has 0 spiro atoms. The molecule has 1 amide bonds. The van der Waals surface area contributed by atoms with Crippen molar-refractivity contribution in [3.8, 4) is 11.4 Å². The predicted octanol–water partition coefficient (Wildman–Crippen LogP) is 3.94. The van der Waals surface area contributed by atoms with Crippen LogP contribution in [0.25, 0.3) is 5.69 Å². The molecule has 0 radical (unpaired) electrons. The highest BCUT2D eigenvalue weighted by molar-refractivity contribution is 5.92. The number of nitrogens with zero attached hydrogens (tertiary/aromatic N) is 2. The molecule has 0 bridgehead atoms. The van der Waals surface area contributed by atoms with E-state index >= 15 is 0 Å². The zero-order valence-electron chi connectivity index (χ0n) is 17.9. The number of hydrogen-bond donors (Lipinski definition) is 1. The molecule has 0 aliphatic heterocycles. The second-order valence-electron chi connectivity index (χ2n) is 7.56. The second-order valence-corrected chi connectivity index (χ2v) is 7.56. The molecule has 3 rings (SSSR count). The van der Waals surface area contributed by atoms with Crippen LogP contribution in [0.1, 0.15) is 42.4 Å². The Labute approximate surface area is 182 Å². The van der Waals surface area contributed by atoms with Crippen molar-refractivity contribution in [1.82, 2.24) is 15.1 Å². The van der Waals surface area contributed by atoms with E-state index in [4.69, 9.17) is 9.47 Å². The van der Waals surface area contributed by atoms with Gasteiger partial charge in [0.15, 0.2) is 12.4 Å². The molecule has 31 heavy (non-hydrogen) atoms. The topological polar surface area (TPSA) is 82.5 Å². The zero-order chi connectivity index (χ0) is 22.2. The van der Waals surface area contributed by atoms with Gasteiger partial charge < -0.3 is 14.8 Å². The summed E-state index contributed by atoms with van der Waals surface area (Å²) in [5.74, 6) is -0.429. The molecule has 2 aromatic carbocycles. The summed E-state index contributed by atoms with van der Waals surface area (Å²) < 4.78 is 12.0. The number of rotatable bonds is 9. The van der Waals surface area contributed by atoms with E-state index < -0.39 is 12.6 Å². The Morgan fingerprint density at radius 1 is 1.03 bits per heavy atom. The van der Waals surface area contributed by atoms with E-state index in [1.54, 1.807) is 6.20 Å². The van der Waals surface area contributed by atoms with Gasteiger partial charge in [-0.2, -0.15) is 5.10 Å². The van der Waals surface area contributed by atoms with E-state index in [9.17, 15) is 9.59 Å². The molecule has 1 atom stereocenters. The van der Waals surface area contributed by atoms with Gasteiger partial charge in [0, 0.05) is 0 Å². The standard InChI is InChI=1S/C24H27N3O4/c1-17(2)14-20(18-10-6-4-7-11-18)25-22(28)16-31-24(29)23-21(30-3)15-27(26-23)19-12-8-5-9-13-19/h4-13,15,17,20H,14,16H2,1-3H3,(H,25,28)/t20-/m0/s1. The van der Waals surface area contributed by atoms with Gasteiger partial charge in [-0.25, -0.2) is 9.48 Å². The Bertz CT molecular complexity index is 1000. The van der Waals surface area contributed by atoms with Gasteiger partial charge in [0.1, 0.15) is 0 Å². The summed E-state index contributed by atoms with van der Waals surface area (Å²) in [6.07, 6.45) is 2.37. The lowest BCUT2D eigenvalue weighted by Crippen LogP contribution is -2.33. The lowest BCUT2D eigenvalue weighted by atomic mass is 9.97. The van der Waals surface area contributed by atoms with Crippen molar-refractivity contribution >= 4 is 11.9 Å². The number of ether oxygens (including phenoxy) is 2. The van der Waals surface area contributed by atoms with E-state index in [1.165, 1.54) is 11.8 Å². The first-order chi connectivity index (χ1) is 15.0. The van der Waals surface area contributed by atoms with Gasteiger partial charge in [0.25, 0.3) is 5.91 Å². The number of methoxy groups -OCH3 is 1. The highest BCUT2D eigenvalue weighted by Crippen LogP contribution is 2.22. The van der Waals surface area contributed by atoms with Gasteiger partial charge in [0.05, 0.1) is 25.0 Å². The third kappa shape index (κ3) is 5.94. The molecule has 7 nitrogen and oxygen atoms in total. The molecular weight excluding hydrogens is 394 g/mol. The number of carbonyl (C=O) groups is 2.